The van der Waals surface area contributed by atoms with Gasteiger partial charge >= 0.3 is 0 Å². The summed E-state index contributed by atoms with van der Waals surface area (Å²) in [6, 6.07) is 7.52. The minimum atomic E-state index is -2.38. The van der Waals surface area contributed by atoms with E-state index in [1.54, 1.807) is 10.9 Å². The second kappa shape index (κ2) is 10.5. The molecule has 2 aromatic heterocycles. The summed E-state index contributed by atoms with van der Waals surface area (Å²) in [4.78, 5) is 27.1. The van der Waals surface area contributed by atoms with Gasteiger partial charge in [0.2, 0.25) is 5.28 Å². The van der Waals surface area contributed by atoms with Crippen LogP contribution in [0.2, 0.25) is 10.3 Å². The van der Waals surface area contributed by atoms with Crippen LogP contribution < -0.4 is 5.32 Å². The van der Waals surface area contributed by atoms with Gasteiger partial charge in [-0.25, -0.2) is 4.68 Å². The van der Waals surface area contributed by atoms with E-state index in [1.165, 1.54) is 0 Å². The molecule has 3 atom stereocenters. The van der Waals surface area contributed by atoms with Crippen LogP contribution in [0, 0.1) is 0 Å². The first kappa shape index (κ1) is 23.5. The minimum absolute atomic E-state index is 0.0730. The molecule has 0 radical (unpaired) electrons. The standard InChI is InChI=1S/C19H22Cl2N5O5P/c20-14-4-2-1-3-11(14)7-22-17-13-8-23-26(18(13)25-19(21)24-17)15-6-5-12(31-15)10-30-16(9-27)32(28)29/h1-4,8,12,15-16,27-29H,5-7,9-10H2,(H,22,24,25). The smallest absolute Gasteiger partial charge is 0.226 e. The Kier molecular flexibility index (Phi) is 7.75. The maximum absolute atomic E-state index is 9.23. The van der Waals surface area contributed by atoms with Gasteiger partial charge in [0.1, 0.15) is 11.7 Å². The Balaban J connectivity index is 1.47. The quantitative estimate of drug-likeness (QED) is 0.257. The molecule has 1 fully saturated rings. The number of hydrogen-bond acceptors (Lipinski definition) is 9. The van der Waals surface area contributed by atoms with E-state index in [0.717, 1.165) is 5.56 Å². The molecule has 0 bridgehead atoms. The Morgan fingerprint density at radius 1 is 1.25 bits per heavy atom. The van der Waals surface area contributed by atoms with Crippen molar-refractivity contribution in [3.8, 4) is 0 Å². The first-order valence-electron chi connectivity index (χ1n) is 9.89. The molecule has 4 N–H and O–H groups in total. The molecule has 0 aliphatic carbocycles. The van der Waals surface area contributed by atoms with Gasteiger partial charge in [-0.05, 0) is 36.1 Å². The van der Waals surface area contributed by atoms with Crippen LogP contribution in [-0.2, 0) is 16.0 Å². The Morgan fingerprint density at radius 2 is 2.06 bits per heavy atom. The summed E-state index contributed by atoms with van der Waals surface area (Å²) < 4.78 is 13.0. The maximum Gasteiger partial charge on any atom is 0.226 e. The van der Waals surface area contributed by atoms with E-state index in [4.69, 9.17) is 37.8 Å². The highest BCUT2D eigenvalue weighted by atomic mass is 35.5. The van der Waals surface area contributed by atoms with E-state index in [2.05, 4.69) is 20.4 Å². The van der Waals surface area contributed by atoms with Crippen molar-refractivity contribution in [3.05, 3.63) is 46.3 Å². The van der Waals surface area contributed by atoms with Crippen molar-refractivity contribution < 1.29 is 24.4 Å². The highest BCUT2D eigenvalue weighted by molar-refractivity contribution is 7.45. The zero-order chi connectivity index (χ0) is 22.7. The molecule has 1 aromatic carbocycles. The summed E-state index contributed by atoms with van der Waals surface area (Å²) in [5, 5.41) is 18.2. The number of aromatic nitrogens is 4. The lowest BCUT2D eigenvalue weighted by atomic mass is 10.2. The lowest BCUT2D eigenvalue weighted by molar-refractivity contribution is -0.0575. The van der Waals surface area contributed by atoms with E-state index in [-0.39, 0.29) is 24.2 Å². The predicted molar refractivity (Wildman–Crippen MR) is 120 cm³/mol. The number of nitrogens with zero attached hydrogens (tertiary/aromatic N) is 4. The maximum atomic E-state index is 9.23. The predicted octanol–water partition coefficient (Wildman–Crippen LogP) is 3.05. The topological polar surface area (TPSA) is 135 Å². The first-order chi connectivity index (χ1) is 15.5. The molecule has 1 aliphatic rings. The number of rotatable bonds is 9. The van der Waals surface area contributed by atoms with Crippen LogP contribution in [0.4, 0.5) is 5.82 Å². The van der Waals surface area contributed by atoms with Crippen LogP contribution in [0.1, 0.15) is 24.6 Å². The first-order valence-corrected chi connectivity index (χ1v) is 12.0. The molecule has 172 valence electrons. The zero-order valence-corrected chi connectivity index (χ0v) is 19.2. The summed E-state index contributed by atoms with van der Waals surface area (Å²) >= 11 is 12.4. The number of hydrogen-bond donors (Lipinski definition) is 4. The summed E-state index contributed by atoms with van der Waals surface area (Å²) in [5.41, 5.74) is 1.45. The van der Waals surface area contributed by atoms with Gasteiger partial charge in [-0.1, -0.05) is 29.8 Å². The van der Waals surface area contributed by atoms with Gasteiger partial charge in [-0.15, -0.1) is 0 Å². The third-order valence-corrected chi connectivity index (χ3v) is 6.44. The minimum Gasteiger partial charge on any atom is -0.393 e. The van der Waals surface area contributed by atoms with E-state index in [9.17, 15) is 9.79 Å². The van der Waals surface area contributed by atoms with Gasteiger partial charge in [0.15, 0.2) is 20.3 Å². The van der Waals surface area contributed by atoms with Crippen LogP contribution in [0.25, 0.3) is 11.0 Å². The monoisotopic (exact) mass is 501 g/mol. The normalized spacial score (nSPS) is 19.7. The van der Waals surface area contributed by atoms with Crippen molar-refractivity contribution in [2.75, 3.05) is 18.5 Å². The molecule has 32 heavy (non-hydrogen) atoms. The van der Waals surface area contributed by atoms with Gasteiger partial charge in [0.25, 0.3) is 0 Å². The molecule has 10 nitrogen and oxygen atoms in total. The van der Waals surface area contributed by atoms with Crippen molar-refractivity contribution >= 4 is 48.4 Å². The number of fused-ring (bicyclic) bond motifs is 1. The zero-order valence-electron chi connectivity index (χ0n) is 16.8. The molecule has 4 rings (SSSR count). The molecule has 13 heteroatoms. The fraction of sp³-hybridized carbons (Fsp3) is 0.421. The van der Waals surface area contributed by atoms with Gasteiger partial charge in [0.05, 0.1) is 30.9 Å². The molecule has 0 spiro atoms. The van der Waals surface area contributed by atoms with Crippen LogP contribution in [0.3, 0.4) is 0 Å². The summed E-state index contributed by atoms with van der Waals surface area (Å²) in [5.74, 6) is -0.481. The lowest BCUT2D eigenvalue weighted by Gasteiger charge is -2.19. The highest BCUT2D eigenvalue weighted by Crippen LogP contribution is 2.35. The fourth-order valence-corrected chi connectivity index (χ4v) is 4.20. The molecular formula is C19H22Cl2N5O5P. The molecule has 1 saturated heterocycles. The Morgan fingerprint density at radius 3 is 2.81 bits per heavy atom. The lowest BCUT2D eigenvalue weighted by Crippen LogP contribution is -2.23. The van der Waals surface area contributed by atoms with E-state index >= 15 is 0 Å². The molecule has 3 aromatic rings. The number of aliphatic hydroxyl groups excluding tert-OH is 1. The number of nitrogens with one attached hydrogen (secondary N) is 1. The van der Waals surface area contributed by atoms with Gasteiger partial charge in [-0.3, -0.25) is 0 Å². The van der Waals surface area contributed by atoms with Crippen molar-refractivity contribution in [3.63, 3.8) is 0 Å². The van der Waals surface area contributed by atoms with Crippen molar-refractivity contribution in [1.29, 1.82) is 0 Å². The Hall–Kier alpha value is -1.62. The molecule has 0 amide bonds. The van der Waals surface area contributed by atoms with Crippen molar-refractivity contribution in [2.45, 2.75) is 37.6 Å². The molecule has 3 unspecified atom stereocenters. The average molecular weight is 502 g/mol. The third kappa shape index (κ3) is 5.30. The Bertz CT molecular complexity index is 1070. The average Bonchev–Trinajstić information content (AvgIpc) is 3.40. The van der Waals surface area contributed by atoms with Gasteiger partial charge in [-0.2, -0.15) is 15.1 Å². The molecule has 1 aliphatic heterocycles. The summed E-state index contributed by atoms with van der Waals surface area (Å²) in [7, 11) is -2.38. The third-order valence-electron chi connectivity index (χ3n) is 5.08. The second-order valence-electron chi connectivity index (χ2n) is 7.19. The number of ether oxygens (including phenoxy) is 2. The highest BCUT2D eigenvalue weighted by Gasteiger charge is 2.30. The molecular weight excluding hydrogens is 480 g/mol. The summed E-state index contributed by atoms with van der Waals surface area (Å²) in [6.45, 7) is 0.107. The van der Waals surface area contributed by atoms with E-state index < -0.39 is 20.8 Å². The van der Waals surface area contributed by atoms with Gasteiger partial charge < -0.3 is 29.7 Å². The van der Waals surface area contributed by atoms with Gasteiger partial charge in [0, 0.05) is 11.6 Å². The fourth-order valence-electron chi connectivity index (χ4n) is 3.47. The number of aliphatic hydroxyl groups is 1. The van der Waals surface area contributed by atoms with Crippen LogP contribution in [-0.4, -0.2) is 59.8 Å². The van der Waals surface area contributed by atoms with Crippen molar-refractivity contribution in [1.82, 2.24) is 19.7 Å². The summed E-state index contributed by atoms with van der Waals surface area (Å²) in [6.07, 6.45) is 2.32. The number of anilines is 1. The number of halogens is 2. The number of benzene rings is 1. The molecule has 0 saturated carbocycles. The van der Waals surface area contributed by atoms with Crippen LogP contribution >= 0.6 is 31.6 Å². The Labute approximate surface area is 195 Å². The van der Waals surface area contributed by atoms with E-state index in [0.29, 0.717) is 41.3 Å². The second-order valence-corrected chi connectivity index (χ2v) is 9.16. The van der Waals surface area contributed by atoms with E-state index in [1.807, 2.05) is 24.3 Å². The van der Waals surface area contributed by atoms with Crippen LogP contribution in [0.15, 0.2) is 30.5 Å². The molecule has 3 heterocycles. The van der Waals surface area contributed by atoms with Crippen molar-refractivity contribution in [2.24, 2.45) is 0 Å². The van der Waals surface area contributed by atoms with Crippen LogP contribution in [0.5, 0.6) is 0 Å². The SMILES string of the molecule is OCC(OCC1CCC(n2ncc3c(NCc4ccccc4Cl)nc(Cl)nc32)O1)P(O)O. The largest absolute Gasteiger partial charge is 0.393 e.